The van der Waals surface area contributed by atoms with Gasteiger partial charge in [-0.1, -0.05) is 24.3 Å². The van der Waals surface area contributed by atoms with Crippen molar-refractivity contribution >= 4 is 26.8 Å². The lowest BCUT2D eigenvalue weighted by Crippen LogP contribution is -2.31. The fraction of sp³-hybridized carbons (Fsp3) is 0.318. The third-order valence-electron chi connectivity index (χ3n) is 4.82. The van der Waals surface area contributed by atoms with Crippen LogP contribution in [0.2, 0.25) is 0 Å². The number of aromatic nitrogens is 1. The van der Waals surface area contributed by atoms with E-state index in [1.165, 1.54) is 0 Å². The molecule has 1 aromatic heterocycles. The largest absolute Gasteiger partial charge is 0.358 e. The first kappa shape index (κ1) is 21.1. The number of hydrogen-bond donors (Lipinski definition) is 3. The molecule has 3 rings (SSSR count). The molecule has 3 N–H and O–H groups in total. The number of nitrogens with one attached hydrogen (secondary N) is 3. The molecule has 3 aromatic rings. The van der Waals surface area contributed by atoms with Crippen molar-refractivity contribution < 1.29 is 13.2 Å². The highest BCUT2D eigenvalue weighted by atomic mass is 32.2. The summed E-state index contributed by atoms with van der Waals surface area (Å²) >= 11 is 0. The number of aromatic amines is 1. The van der Waals surface area contributed by atoms with Crippen LogP contribution in [0, 0.1) is 13.8 Å². The quantitative estimate of drug-likeness (QED) is 0.553. The fourth-order valence-electron chi connectivity index (χ4n) is 3.26. The molecule has 1 heterocycles. The van der Waals surface area contributed by atoms with E-state index in [4.69, 9.17) is 0 Å². The van der Waals surface area contributed by atoms with Gasteiger partial charge in [-0.15, -0.1) is 0 Å². The molecule has 0 aliphatic rings. The summed E-state index contributed by atoms with van der Waals surface area (Å²) in [5.41, 5.74) is 5.49. The van der Waals surface area contributed by atoms with Gasteiger partial charge in [0.15, 0.2) is 0 Å². The molecule has 7 heteroatoms. The van der Waals surface area contributed by atoms with Crippen LogP contribution in [-0.2, 0) is 22.3 Å². The molecule has 0 bridgehead atoms. The van der Waals surface area contributed by atoms with Gasteiger partial charge in [-0.05, 0) is 62.6 Å². The predicted molar refractivity (Wildman–Crippen MR) is 116 cm³/mol. The van der Waals surface area contributed by atoms with Gasteiger partial charge in [0.05, 0.1) is 5.75 Å². The summed E-state index contributed by atoms with van der Waals surface area (Å²) in [5.74, 6) is -0.203. The molecular weight excluding hydrogens is 386 g/mol. The van der Waals surface area contributed by atoms with Crippen LogP contribution < -0.4 is 10.0 Å². The van der Waals surface area contributed by atoms with E-state index in [0.29, 0.717) is 17.7 Å². The van der Waals surface area contributed by atoms with Crippen molar-refractivity contribution in [3.63, 3.8) is 0 Å². The average Bonchev–Trinajstić information content (AvgIpc) is 2.93. The highest BCUT2D eigenvalue weighted by Crippen LogP contribution is 2.22. The van der Waals surface area contributed by atoms with E-state index in [9.17, 15) is 13.2 Å². The highest BCUT2D eigenvalue weighted by molar-refractivity contribution is 7.88. The number of fused-ring (bicyclic) bond motifs is 1. The standard InChI is InChI=1S/C22H27N3O3S/c1-14(2)25-29(27,28)13-18-7-5-17(6-8-18)12-23-22(26)19-9-10-21-20(11-19)15(3)16(4)24-21/h5-11,14,24-25H,12-13H2,1-4H3,(H,23,26). The molecule has 0 spiro atoms. The molecule has 2 aromatic carbocycles. The van der Waals surface area contributed by atoms with Crippen LogP contribution in [0.1, 0.15) is 46.6 Å². The van der Waals surface area contributed by atoms with E-state index in [1.807, 2.05) is 44.2 Å². The van der Waals surface area contributed by atoms with Gasteiger partial charge >= 0.3 is 0 Å². The zero-order valence-electron chi connectivity index (χ0n) is 17.2. The van der Waals surface area contributed by atoms with E-state index >= 15 is 0 Å². The fourth-order valence-corrected chi connectivity index (χ4v) is 4.69. The monoisotopic (exact) mass is 413 g/mol. The SMILES string of the molecule is Cc1[nH]c2ccc(C(=O)NCc3ccc(CS(=O)(=O)NC(C)C)cc3)cc2c1C. The minimum Gasteiger partial charge on any atom is -0.358 e. The Morgan fingerprint density at radius 1 is 1.03 bits per heavy atom. The second kappa shape index (κ2) is 8.39. The first-order valence-corrected chi connectivity index (χ1v) is 11.2. The summed E-state index contributed by atoms with van der Waals surface area (Å²) in [4.78, 5) is 15.8. The maximum Gasteiger partial charge on any atom is 0.251 e. The Labute approximate surface area is 171 Å². The van der Waals surface area contributed by atoms with Crippen molar-refractivity contribution in [2.45, 2.75) is 46.0 Å². The van der Waals surface area contributed by atoms with Crippen molar-refractivity contribution in [3.05, 3.63) is 70.4 Å². The van der Waals surface area contributed by atoms with Gasteiger partial charge in [0.2, 0.25) is 10.0 Å². The van der Waals surface area contributed by atoms with E-state index in [0.717, 1.165) is 27.7 Å². The Morgan fingerprint density at radius 2 is 1.69 bits per heavy atom. The van der Waals surface area contributed by atoms with Crippen molar-refractivity contribution in [2.75, 3.05) is 0 Å². The smallest absolute Gasteiger partial charge is 0.251 e. The summed E-state index contributed by atoms with van der Waals surface area (Å²) < 4.78 is 26.6. The average molecular weight is 414 g/mol. The number of carbonyl (C=O) groups is 1. The van der Waals surface area contributed by atoms with Gasteiger partial charge in [0, 0.05) is 34.7 Å². The van der Waals surface area contributed by atoms with Crippen molar-refractivity contribution in [1.82, 2.24) is 15.0 Å². The topological polar surface area (TPSA) is 91.1 Å². The number of H-pyrrole nitrogens is 1. The first-order valence-electron chi connectivity index (χ1n) is 9.59. The molecule has 0 radical (unpaired) electrons. The summed E-state index contributed by atoms with van der Waals surface area (Å²) in [6.45, 7) is 8.01. The van der Waals surface area contributed by atoms with E-state index in [1.54, 1.807) is 26.0 Å². The van der Waals surface area contributed by atoms with E-state index in [2.05, 4.69) is 15.0 Å². The first-order chi connectivity index (χ1) is 13.6. The van der Waals surface area contributed by atoms with Crippen molar-refractivity contribution in [3.8, 4) is 0 Å². The Balaban J connectivity index is 1.62. The van der Waals surface area contributed by atoms with Crippen LogP contribution in [0.4, 0.5) is 0 Å². The highest BCUT2D eigenvalue weighted by Gasteiger charge is 2.13. The third kappa shape index (κ3) is 5.25. The molecule has 1 amide bonds. The maximum absolute atomic E-state index is 12.5. The van der Waals surface area contributed by atoms with Gasteiger partial charge in [-0.2, -0.15) is 0 Å². The van der Waals surface area contributed by atoms with E-state index in [-0.39, 0.29) is 17.7 Å². The lowest BCUT2D eigenvalue weighted by atomic mass is 10.1. The Bertz CT molecular complexity index is 1130. The Morgan fingerprint density at radius 3 is 2.34 bits per heavy atom. The number of rotatable bonds is 7. The summed E-state index contributed by atoms with van der Waals surface area (Å²) in [6.07, 6.45) is 0. The molecule has 0 aliphatic carbocycles. The van der Waals surface area contributed by atoms with Gasteiger partial charge in [0.25, 0.3) is 5.91 Å². The van der Waals surface area contributed by atoms with Gasteiger partial charge in [0.1, 0.15) is 0 Å². The van der Waals surface area contributed by atoms with Gasteiger partial charge in [-0.25, -0.2) is 13.1 Å². The van der Waals surface area contributed by atoms with Crippen LogP contribution in [0.5, 0.6) is 0 Å². The third-order valence-corrected chi connectivity index (χ3v) is 6.36. The molecule has 154 valence electrons. The number of sulfonamides is 1. The molecule has 0 saturated carbocycles. The molecule has 0 unspecified atom stereocenters. The van der Waals surface area contributed by atoms with Crippen LogP contribution in [-0.4, -0.2) is 25.4 Å². The summed E-state index contributed by atoms with van der Waals surface area (Å²) in [7, 11) is -3.35. The molecule has 6 nitrogen and oxygen atoms in total. The van der Waals surface area contributed by atoms with Crippen molar-refractivity contribution in [1.29, 1.82) is 0 Å². The Hall–Kier alpha value is -2.64. The second-order valence-corrected chi connectivity index (χ2v) is 9.42. The number of amides is 1. The van der Waals surface area contributed by atoms with Crippen LogP contribution in [0.25, 0.3) is 10.9 Å². The van der Waals surface area contributed by atoms with Gasteiger partial charge < -0.3 is 10.3 Å². The maximum atomic E-state index is 12.5. The van der Waals surface area contributed by atoms with Crippen LogP contribution in [0.3, 0.4) is 0 Å². The van der Waals surface area contributed by atoms with Gasteiger partial charge in [-0.3, -0.25) is 4.79 Å². The normalized spacial score (nSPS) is 11.9. The molecule has 0 aliphatic heterocycles. The minimum atomic E-state index is -3.35. The molecular formula is C22H27N3O3S. The second-order valence-electron chi connectivity index (χ2n) is 7.67. The lowest BCUT2D eigenvalue weighted by Gasteiger charge is -2.10. The summed E-state index contributed by atoms with van der Waals surface area (Å²) in [5, 5.41) is 3.97. The molecule has 29 heavy (non-hydrogen) atoms. The predicted octanol–water partition coefficient (Wildman–Crippen LogP) is 3.54. The molecule has 0 atom stereocenters. The number of benzene rings is 2. The number of carbonyl (C=O) groups excluding carboxylic acids is 1. The van der Waals surface area contributed by atoms with Crippen LogP contribution in [0.15, 0.2) is 42.5 Å². The number of aryl methyl sites for hydroxylation is 2. The molecule has 0 saturated heterocycles. The van der Waals surface area contributed by atoms with E-state index < -0.39 is 10.0 Å². The van der Waals surface area contributed by atoms with Crippen LogP contribution >= 0.6 is 0 Å². The zero-order valence-corrected chi connectivity index (χ0v) is 18.0. The Kier molecular flexibility index (Phi) is 6.10. The zero-order chi connectivity index (χ0) is 21.2. The van der Waals surface area contributed by atoms with Crippen molar-refractivity contribution in [2.24, 2.45) is 0 Å². The lowest BCUT2D eigenvalue weighted by molar-refractivity contribution is 0.0951. The molecule has 0 fully saturated rings. The minimum absolute atomic E-state index is 0.0622. The summed E-state index contributed by atoms with van der Waals surface area (Å²) in [6, 6.07) is 12.7. The number of hydrogen-bond acceptors (Lipinski definition) is 3.